The van der Waals surface area contributed by atoms with Crippen molar-refractivity contribution in [2.24, 2.45) is 0 Å². The first-order valence-corrected chi connectivity index (χ1v) is 13.0. The summed E-state index contributed by atoms with van der Waals surface area (Å²) in [5.74, 6) is 1.18. The van der Waals surface area contributed by atoms with Crippen LogP contribution < -0.4 is 9.80 Å². The van der Waals surface area contributed by atoms with E-state index >= 15 is 0 Å². The molecule has 2 fully saturated rings. The molecule has 1 saturated heterocycles. The van der Waals surface area contributed by atoms with E-state index in [2.05, 4.69) is 29.3 Å². The van der Waals surface area contributed by atoms with E-state index in [4.69, 9.17) is 10.2 Å². The van der Waals surface area contributed by atoms with E-state index in [1.165, 1.54) is 5.56 Å². The van der Waals surface area contributed by atoms with Crippen molar-refractivity contribution in [3.8, 4) is 17.2 Å². The van der Waals surface area contributed by atoms with Gasteiger partial charge < -0.3 is 14.9 Å². The van der Waals surface area contributed by atoms with Crippen LogP contribution in [0.4, 0.5) is 11.5 Å². The molecule has 0 spiro atoms. The lowest BCUT2D eigenvalue weighted by Crippen LogP contribution is -2.51. The number of aliphatic hydroxyl groups is 1. The highest BCUT2D eigenvalue weighted by molar-refractivity contribution is 6.03. The van der Waals surface area contributed by atoms with Gasteiger partial charge >= 0.3 is 0 Å². The lowest BCUT2D eigenvalue weighted by molar-refractivity contribution is -0.117. The van der Waals surface area contributed by atoms with E-state index < -0.39 is 5.60 Å². The number of aromatic nitrogens is 2. The standard InChI is InChI=1S/C31H29N5O2/c1-31(2,38)23-12-13-27(33-17-23)35-14-15-36(28(37)19-35)26-18-34-30-24(21-8-6-20(16-32)7-9-21)4-3-5-25(30)29(26)22-10-11-22/h3-9,12-13,17-18,22,38H,10-11,14-15,19H2,1-2H3. The van der Waals surface area contributed by atoms with E-state index in [1.54, 1.807) is 20.0 Å². The van der Waals surface area contributed by atoms with Crippen LogP contribution in [0.15, 0.2) is 67.0 Å². The van der Waals surface area contributed by atoms with Gasteiger partial charge in [0.05, 0.1) is 41.2 Å². The number of pyridine rings is 2. The molecule has 3 heterocycles. The number of rotatable bonds is 5. The number of nitrogens with zero attached hydrogens (tertiary/aromatic N) is 5. The predicted molar refractivity (Wildman–Crippen MR) is 148 cm³/mol. The van der Waals surface area contributed by atoms with Crippen molar-refractivity contribution in [1.82, 2.24) is 9.97 Å². The van der Waals surface area contributed by atoms with Gasteiger partial charge in [-0.15, -0.1) is 0 Å². The Kier molecular flexibility index (Phi) is 5.85. The quantitative estimate of drug-likeness (QED) is 0.406. The molecule has 0 radical (unpaired) electrons. The van der Waals surface area contributed by atoms with Gasteiger partial charge in [0.1, 0.15) is 5.82 Å². The molecule has 1 saturated carbocycles. The molecule has 6 rings (SSSR count). The molecule has 0 bridgehead atoms. The van der Waals surface area contributed by atoms with Crippen molar-refractivity contribution in [1.29, 1.82) is 5.26 Å². The monoisotopic (exact) mass is 503 g/mol. The highest BCUT2D eigenvalue weighted by Crippen LogP contribution is 2.48. The molecule has 2 aromatic heterocycles. The number of carbonyl (C=O) groups is 1. The van der Waals surface area contributed by atoms with Gasteiger partial charge in [0.2, 0.25) is 5.91 Å². The molecule has 0 atom stereocenters. The first-order chi connectivity index (χ1) is 18.3. The molecule has 2 aromatic carbocycles. The number of hydrogen-bond acceptors (Lipinski definition) is 6. The van der Waals surface area contributed by atoms with Gasteiger partial charge in [0.15, 0.2) is 0 Å². The number of anilines is 2. The number of amides is 1. The summed E-state index contributed by atoms with van der Waals surface area (Å²) in [7, 11) is 0. The summed E-state index contributed by atoms with van der Waals surface area (Å²) in [4.78, 5) is 26.7. The van der Waals surface area contributed by atoms with E-state index in [9.17, 15) is 9.90 Å². The highest BCUT2D eigenvalue weighted by Gasteiger charge is 2.34. The normalized spacial score (nSPS) is 16.1. The molecule has 1 N–H and O–H groups in total. The minimum Gasteiger partial charge on any atom is -0.386 e. The molecule has 0 unspecified atom stereocenters. The van der Waals surface area contributed by atoms with Gasteiger partial charge in [-0.1, -0.05) is 36.4 Å². The van der Waals surface area contributed by atoms with Crippen LogP contribution in [0.2, 0.25) is 0 Å². The molecule has 4 aromatic rings. The van der Waals surface area contributed by atoms with Crippen LogP contribution >= 0.6 is 0 Å². The van der Waals surface area contributed by atoms with Gasteiger partial charge in [-0.25, -0.2) is 4.98 Å². The first-order valence-electron chi connectivity index (χ1n) is 13.0. The molecule has 7 nitrogen and oxygen atoms in total. The summed E-state index contributed by atoms with van der Waals surface area (Å²) >= 11 is 0. The molecule has 190 valence electrons. The Hall–Kier alpha value is -4.28. The number of hydrogen-bond donors (Lipinski definition) is 1. The van der Waals surface area contributed by atoms with Gasteiger partial charge in [-0.3, -0.25) is 9.78 Å². The maximum Gasteiger partial charge on any atom is 0.246 e. The molecular formula is C31H29N5O2. The summed E-state index contributed by atoms with van der Waals surface area (Å²) in [5, 5.41) is 20.5. The second-order valence-corrected chi connectivity index (χ2v) is 10.7. The van der Waals surface area contributed by atoms with Crippen molar-refractivity contribution in [2.75, 3.05) is 29.4 Å². The average molecular weight is 504 g/mol. The van der Waals surface area contributed by atoms with Crippen molar-refractivity contribution < 1.29 is 9.90 Å². The fourth-order valence-electron chi connectivity index (χ4n) is 5.27. The fourth-order valence-corrected chi connectivity index (χ4v) is 5.27. The molecule has 2 aliphatic rings. The van der Waals surface area contributed by atoms with Gasteiger partial charge in [-0.05, 0) is 61.9 Å². The Morgan fingerprint density at radius 3 is 2.42 bits per heavy atom. The zero-order valence-corrected chi connectivity index (χ0v) is 21.6. The van der Waals surface area contributed by atoms with Gasteiger partial charge in [0.25, 0.3) is 0 Å². The van der Waals surface area contributed by atoms with Gasteiger partial charge in [-0.2, -0.15) is 5.26 Å². The van der Waals surface area contributed by atoms with E-state index in [0.29, 0.717) is 24.6 Å². The molecule has 1 amide bonds. The second-order valence-electron chi connectivity index (χ2n) is 10.7. The van der Waals surface area contributed by atoms with Crippen LogP contribution in [0.3, 0.4) is 0 Å². The van der Waals surface area contributed by atoms with Crippen LogP contribution in [0.25, 0.3) is 22.0 Å². The number of fused-ring (bicyclic) bond motifs is 1. The van der Waals surface area contributed by atoms with Crippen LogP contribution in [0.5, 0.6) is 0 Å². The smallest absolute Gasteiger partial charge is 0.246 e. The second kappa shape index (κ2) is 9.23. The summed E-state index contributed by atoms with van der Waals surface area (Å²) in [6.45, 7) is 4.91. The summed E-state index contributed by atoms with van der Waals surface area (Å²) < 4.78 is 0. The number of benzene rings is 2. The Morgan fingerprint density at radius 1 is 1.00 bits per heavy atom. The number of para-hydroxylation sites is 1. The lowest BCUT2D eigenvalue weighted by Gasteiger charge is -2.36. The van der Waals surface area contributed by atoms with E-state index in [-0.39, 0.29) is 12.5 Å². The Bertz CT molecular complexity index is 1560. The summed E-state index contributed by atoms with van der Waals surface area (Å²) in [6.07, 6.45) is 5.76. The molecule has 38 heavy (non-hydrogen) atoms. The molecule has 1 aliphatic carbocycles. The first kappa shape index (κ1) is 24.1. The van der Waals surface area contributed by atoms with Crippen molar-refractivity contribution in [2.45, 2.75) is 38.2 Å². The summed E-state index contributed by atoms with van der Waals surface area (Å²) in [6, 6.07) is 19.7. The number of carbonyl (C=O) groups excluding carboxylic acids is 1. The minimum absolute atomic E-state index is 0.0240. The maximum atomic E-state index is 13.4. The third-order valence-electron chi connectivity index (χ3n) is 7.52. The van der Waals surface area contributed by atoms with E-state index in [0.717, 1.165) is 51.9 Å². The minimum atomic E-state index is -0.956. The molecule has 7 heteroatoms. The van der Waals surface area contributed by atoms with Crippen LogP contribution in [-0.4, -0.2) is 40.6 Å². The van der Waals surface area contributed by atoms with Crippen LogP contribution in [0, 0.1) is 11.3 Å². The third-order valence-corrected chi connectivity index (χ3v) is 7.52. The van der Waals surface area contributed by atoms with Crippen LogP contribution in [-0.2, 0) is 10.4 Å². The zero-order valence-electron chi connectivity index (χ0n) is 21.6. The molecule has 1 aliphatic heterocycles. The Labute approximate surface area is 222 Å². The topological polar surface area (TPSA) is 93.4 Å². The average Bonchev–Trinajstić information content (AvgIpc) is 3.77. The van der Waals surface area contributed by atoms with Crippen molar-refractivity contribution >= 4 is 28.3 Å². The summed E-state index contributed by atoms with van der Waals surface area (Å²) in [5.41, 5.74) is 5.49. The largest absolute Gasteiger partial charge is 0.386 e. The fraction of sp³-hybridized carbons (Fsp3) is 0.290. The SMILES string of the molecule is CC(C)(O)c1ccc(N2CCN(c3cnc4c(-c5ccc(C#N)cc5)cccc4c3C3CC3)C(=O)C2)nc1. The number of piperazine rings is 1. The van der Waals surface area contributed by atoms with Crippen molar-refractivity contribution in [3.63, 3.8) is 0 Å². The van der Waals surface area contributed by atoms with Crippen molar-refractivity contribution in [3.05, 3.63) is 83.7 Å². The molecular weight excluding hydrogens is 474 g/mol. The van der Waals surface area contributed by atoms with E-state index in [1.807, 2.05) is 52.4 Å². The van der Waals surface area contributed by atoms with Gasteiger partial charge in [0, 0.05) is 35.8 Å². The Balaban J connectivity index is 1.32. The third kappa shape index (κ3) is 4.37. The lowest BCUT2D eigenvalue weighted by atomic mass is 9.96. The van der Waals surface area contributed by atoms with Crippen LogP contribution in [0.1, 0.15) is 49.3 Å². The maximum absolute atomic E-state index is 13.4. The highest BCUT2D eigenvalue weighted by atomic mass is 16.3. The zero-order chi connectivity index (χ0) is 26.4. The number of nitriles is 1. The Morgan fingerprint density at radius 2 is 1.79 bits per heavy atom. The predicted octanol–water partition coefficient (Wildman–Crippen LogP) is 5.13.